The summed E-state index contributed by atoms with van der Waals surface area (Å²) >= 11 is 11.7. The van der Waals surface area contributed by atoms with Crippen LogP contribution >= 0.6 is 32.4 Å². The molecule has 0 radical (unpaired) electrons. The summed E-state index contributed by atoms with van der Waals surface area (Å²) in [6.45, 7) is 2.04. The van der Waals surface area contributed by atoms with Crippen LogP contribution in [0.15, 0.2) is 48.5 Å². The molecule has 0 fully saturated rings. The molecule has 2 aromatic carbocycles. The van der Waals surface area contributed by atoms with Gasteiger partial charge in [-0.3, -0.25) is 0 Å². The topological polar surface area (TPSA) is 0 Å². The average Bonchev–Trinajstić information content (AvgIpc) is 2.30. The molecular weight excluding hydrogens is 274 g/mol. The quantitative estimate of drug-likeness (QED) is 0.471. The van der Waals surface area contributed by atoms with Gasteiger partial charge >= 0.3 is 18.9 Å². The van der Waals surface area contributed by atoms with Crippen LogP contribution in [0.1, 0.15) is 11.1 Å². The van der Waals surface area contributed by atoms with Crippen LogP contribution in [-0.2, 0) is 0 Å². The number of halogens is 1. The first-order valence-electron chi connectivity index (χ1n) is 5.30. The van der Waals surface area contributed by atoms with Crippen molar-refractivity contribution in [3.05, 3.63) is 64.7 Å². The van der Waals surface area contributed by atoms with Crippen LogP contribution < -0.4 is 5.30 Å². The predicted molar refractivity (Wildman–Crippen MR) is 89.4 cm³/mol. The first kappa shape index (κ1) is 15.9. The fraction of sp³-hybridized carbons (Fsp3) is 0.0714. The monoisotopic (exact) mass is 286 g/mol. The van der Waals surface area contributed by atoms with Crippen molar-refractivity contribution in [1.29, 1.82) is 0 Å². The summed E-state index contributed by atoms with van der Waals surface area (Å²) in [7, 11) is 0.495. The molecule has 0 amide bonds. The van der Waals surface area contributed by atoms with E-state index in [0.29, 0.717) is 8.58 Å². The van der Waals surface area contributed by atoms with Crippen molar-refractivity contribution >= 4 is 61.2 Å². The van der Waals surface area contributed by atoms with Gasteiger partial charge in [-0.05, 0) is 32.4 Å². The van der Waals surface area contributed by atoms with E-state index >= 15 is 0 Å². The molecule has 88 valence electrons. The Balaban J connectivity index is 0.00000162. The van der Waals surface area contributed by atoms with Crippen molar-refractivity contribution in [2.24, 2.45) is 0 Å². The van der Waals surface area contributed by atoms with Gasteiger partial charge in [-0.2, -0.15) is 0 Å². The van der Waals surface area contributed by atoms with E-state index < -0.39 is 0 Å². The van der Waals surface area contributed by atoms with Crippen molar-refractivity contribution in [3.8, 4) is 0 Å². The average molecular weight is 287 g/mol. The van der Waals surface area contributed by atoms with Gasteiger partial charge in [-0.1, -0.05) is 66.3 Å². The van der Waals surface area contributed by atoms with Crippen LogP contribution in [0.2, 0.25) is 5.02 Å². The number of hydrogen-bond donors (Lipinski definition) is 0. The first-order valence-corrected chi connectivity index (χ1v) is 7.08. The molecule has 0 aliphatic rings. The molecule has 0 N–H and O–H groups in total. The third-order valence-corrected chi connectivity index (χ3v) is 4.41. The number of rotatable bonds is 3. The molecule has 18 heavy (non-hydrogen) atoms. The summed E-state index contributed by atoms with van der Waals surface area (Å²) in [5, 5.41) is 2.00. The molecule has 1 atom stereocenters. The molecule has 2 aromatic rings. The van der Waals surface area contributed by atoms with Crippen LogP contribution in [0.3, 0.4) is 0 Å². The van der Waals surface area contributed by atoms with Crippen molar-refractivity contribution in [1.82, 2.24) is 0 Å². The molecule has 4 heteroatoms. The summed E-state index contributed by atoms with van der Waals surface area (Å²) in [5.74, 6) is 0. The van der Waals surface area contributed by atoms with Gasteiger partial charge in [0, 0.05) is 15.2 Å². The third kappa shape index (κ3) is 3.92. The summed E-state index contributed by atoms with van der Waals surface area (Å²) in [4.78, 5) is 0. The molecule has 2 rings (SSSR count). The van der Waals surface area contributed by atoms with Gasteiger partial charge in [0.15, 0.2) is 0 Å². The number of thiocarbonyl (C=S) groups is 1. The zero-order valence-corrected chi connectivity index (χ0v) is 12.0. The van der Waals surface area contributed by atoms with E-state index in [1.54, 1.807) is 0 Å². The zero-order valence-electron chi connectivity index (χ0n) is 9.41. The van der Waals surface area contributed by atoms with Gasteiger partial charge in [0.2, 0.25) is 0 Å². The van der Waals surface area contributed by atoms with Crippen molar-refractivity contribution in [2.75, 3.05) is 0 Å². The second kappa shape index (κ2) is 7.44. The van der Waals surface area contributed by atoms with E-state index in [9.17, 15) is 0 Å². The van der Waals surface area contributed by atoms with E-state index in [1.807, 2.05) is 43.3 Å². The number of benzene rings is 2. The van der Waals surface area contributed by atoms with Gasteiger partial charge in [0.05, 0.1) is 0 Å². The van der Waals surface area contributed by atoms with E-state index in [-0.39, 0.29) is 18.9 Å². The first-order chi connectivity index (χ1) is 8.18. The Bertz CT molecular complexity index is 522. The van der Waals surface area contributed by atoms with E-state index in [4.69, 9.17) is 23.8 Å². The zero-order chi connectivity index (χ0) is 12.3. The van der Waals surface area contributed by atoms with Crippen molar-refractivity contribution in [2.45, 2.75) is 6.92 Å². The normalized spacial score (nSPS) is 10.3. The minimum atomic E-state index is 0. The second-order valence-corrected chi connectivity index (χ2v) is 6.26. The van der Waals surface area contributed by atoms with Gasteiger partial charge in [-0.15, -0.1) is 0 Å². The SMILES string of the molecule is Cc1cccc(Cl)c1C(=S)Pc1ccccc1.[LiH]. The third-order valence-electron chi connectivity index (χ3n) is 2.48. The van der Waals surface area contributed by atoms with E-state index in [1.165, 1.54) is 5.30 Å². The molecule has 0 saturated heterocycles. The Morgan fingerprint density at radius 3 is 2.33 bits per heavy atom. The molecule has 0 nitrogen and oxygen atoms in total. The molecular formula is C14H13ClLiPS. The fourth-order valence-corrected chi connectivity index (χ4v) is 3.79. The number of hydrogen-bond acceptors (Lipinski definition) is 1. The summed E-state index contributed by atoms with van der Waals surface area (Å²) < 4.78 is 0.930. The predicted octanol–water partition coefficient (Wildman–Crippen LogP) is 3.68. The molecule has 1 unspecified atom stereocenters. The Kier molecular flexibility index (Phi) is 6.57. The van der Waals surface area contributed by atoms with E-state index in [2.05, 4.69) is 12.1 Å². The number of aryl methyl sites for hydroxylation is 1. The Labute approximate surface area is 132 Å². The molecule has 0 aliphatic carbocycles. The molecule has 0 aromatic heterocycles. The van der Waals surface area contributed by atoms with Gasteiger partial charge in [0.1, 0.15) is 0 Å². The van der Waals surface area contributed by atoms with Gasteiger partial charge in [0.25, 0.3) is 0 Å². The molecule has 0 bridgehead atoms. The van der Waals surface area contributed by atoms with Crippen molar-refractivity contribution < 1.29 is 0 Å². The molecule has 0 aliphatic heterocycles. The van der Waals surface area contributed by atoms with Crippen LogP contribution in [0, 0.1) is 6.92 Å². The van der Waals surface area contributed by atoms with Crippen LogP contribution in [0.25, 0.3) is 0 Å². The molecule has 0 spiro atoms. The second-order valence-electron chi connectivity index (χ2n) is 3.75. The minimum absolute atomic E-state index is 0. The summed E-state index contributed by atoms with van der Waals surface area (Å²) in [5.41, 5.74) is 2.16. The maximum absolute atomic E-state index is 6.21. The summed E-state index contributed by atoms with van der Waals surface area (Å²) in [6.07, 6.45) is 0. The fourth-order valence-electron chi connectivity index (χ4n) is 1.63. The van der Waals surface area contributed by atoms with Crippen molar-refractivity contribution in [3.63, 3.8) is 0 Å². The Hall–Kier alpha value is -0.153. The van der Waals surface area contributed by atoms with E-state index in [0.717, 1.165) is 20.8 Å². The Morgan fingerprint density at radius 2 is 1.72 bits per heavy atom. The van der Waals surface area contributed by atoms with Crippen LogP contribution in [-0.4, -0.2) is 23.5 Å². The standard InChI is InChI=1S/C14H12ClPS.Li.H/c1-10-6-5-9-12(15)13(10)14(17)16-11-7-3-2-4-8-11;;/h2-9,16H,1H3;;. The molecule has 0 saturated carbocycles. The Morgan fingerprint density at radius 1 is 1.06 bits per heavy atom. The van der Waals surface area contributed by atoms with Gasteiger partial charge < -0.3 is 0 Å². The molecule has 0 heterocycles. The maximum atomic E-state index is 6.21. The summed E-state index contributed by atoms with van der Waals surface area (Å²) in [6, 6.07) is 16.2. The van der Waals surface area contributed by atoms with Crippen LogP contribution in [0.4, 0.5) is 0 Å². The van der Waals surface area contributed by atoms with Crippen LogP contribution in [0.5, 0.6) is 0 Å². The van der Waals surface area contributed by atoms with Gasteiger partial charge in [-0.25, -0.2) is 0 Å².